The highest BCUT2D eigenvalue weighted by Crippen LogP contribution is 2.50. The first-order valence-electron chi connectivity index (χ1n) is 6.00. The van der Waals surface area contributed by atoms with E-state index in [0.29, 0.717) is 17.5 Å². The van der Waals surface area contributed by atoms with Crippen molar-refractivity contribution in [2.24, 2.45) is 5.92 Å². The second-order valence-electron chi connectivity index (χ2n) is 4.75. The summed E-state index contributed by atoms with van der Waals surface area (Å²) < 4.78 is 5.81. The molecule has 0 amide bonds. The van der Waals surface area contributed by atoms with Crippen molar-refractivity contribution in [3.8, 4) is 5.75 Å². The second kappa shape index (κ2) is 4.30. The molecule has 0 radical (unpaired) electrons. The van der Waals surface area contributed by atoms with E-state index in [9.17, 15) is 4.79 Å². The Labute approximate surface area is 122 Å². The predicted molar refractivity (Wildman–Crippen MR) is 77.9 cm³/mol. The van der Waals surface area contributed by atoms with Crippen LogP contribution < -0.4 is 9.61 Å². The summed E-state index contributed by atoms with van der Waals surface area (Å²) in [4.78, 5) is 15.7. The number of H-pyrrole nitrogens is 1. The van der Waals surface area contributed by atoms with Gasteiger partial charge in [0.2, 0.25) is 0 Å². The van der Waals surface area contributed by atoms with Crippen molar-refractivity contribution >= 4 is 34.7 Å². The quantitative estimate of drug-likeness (QED) is 0.811. The molecular weight excluding hydrogens is 302 g/mol. The van der Waals surface area contributed by atoms with E-state index in [1.807, 2.05) is 18.2 Å². The molecule has 0 saturated heterocycles. The summed E-state index contributed by atoms with van der Waals surface area (Å²) in [7, 11) is 0. The number of benzene rings is 1. The van der Waals surface area contributed by atoms with Crippen LogP contribution in [0.15, 0.2) is 28.0 Å². The van der Waals surface area contributed by atoms with Gasteiger partial charge >= 0.3 is 4.87 Å². The molecule has 0 aliphatic carbocycles. The van der Waals surface area contributed by atoms with Crippen LogP contribution in [-0.4, -0.2) is 17.3 Å². The molecule has 4 rings (SSSR count). The summed E-state index contributed by atoms with van der Waals surface area (Å²) in [6.07, 6.45) is 0. The molecule has 2 aliphatic heterocycles. The maximum Gasteiger partial charge on any atom is 0.305 e. The molecule has 98 valence electrons. The lowest BCUT2D eigenvalue weighted by Gasteiger charge is -2.36. The molecule has 2 atom stereocenters. The molecule has 19 heavy (non-hydrogen) atoms. The van der Waals surface area contributed by atoms with E-state index >= 15 is 0 Å². The Kier molecular flexibility index (Phi) is 2.69. The number of aromatic amines is 1. The van der Waals surface area contributed by atoms with Crippen molar-refractivity contribution in [2.75, 3.05) is 12.4 Å². The van der Waals surface area contributed by atoms with Gasteiger partial charge in [0.05, 0.1) is 11.6 Å². The zero-order valence-electron chi connectivity index (χ0n) is 9.81. The third-order valence-electron chi connectivity index (χ3n) is 3.60. The molecule has 3 heterocycles. The fraction of sp³-hybridized carbons (Fsp3) is 0.308. The number of thiazole rings is 1. The Morgan fingerprint density at radius 1 is 1.42 bits per heavy atom. The molecular formula is C13H10ClNO2S2. The fourth-order valence-electron chi connectivity index (χ4n) is 2.77. The van der Waals surface area contributed by atoms with E-state index < -0.39 is 0 Å². The van der Waals surface area contributed by atoms with E-state index in [4.69, 9.17) is 16.3 Å². The normalized spacial score (nSPS) is 24.1. The van der Waals surface area contributed by atoms with Gasteiger partial charge in [-0.3, -0.25) is 4.79 Å². The van der Waals surface area contributed by atoms with Crippen molar-refractivity contribution in [1.29, 1.82) is 0 Å². The Hall–Kier alpha value is -0.910. The fourth-order valence-corrected chi connectivity index (χ4v) is 5.36. The minimum atomic E-state index is 0.0215. The number of hydrogen-bond acceptors (Lipinski definition) is 4. The molecule has 0 bridgehead atoms. The van der Waals surface area contributed by atoms with Gasteiger partial charge in [-0.05, 0) is 18.2 Å². The lowest BCUT2D eigenvalue weighted by molar-refractivity contribution is 0.219. The van der Waals surface area contributed by atoms with Gasteiger partial charge in [-0.15, -0.1) is 11.8 Å². The van der Waals surface area contributed by atoms with Crippen molar-refractivity contribution in [3.63, 3.8) is 0 Å². The number of fused-ring (bicyclic) bond motifs is 5. The summed E-state index contributed by atoms with van der Waals surface area (Å²) in [6.45, 7) is 0.706. The number of aromatic nitrogens is 1. The molecule has 1 N–H and O–H groups in total. The Balaban J connectivity index is 1.94. The third-order valence-corrected chi connectivity index (χ3v) is 6.13. The summed E-state index contributed by atoms with van der Waals surface area (Å²) in [5, 5.41) is 1.73. The highest BCUT2D eigenvalue weighted by molar-refractivity contribution is 7.99. The van der Waals surface area contributed by atoms with Gasteiger partial charge in [0.15, 0.2) is 0 Å². The maximum absolute atomic E-state index is 11.6. The molecule has 0 saturated carbocycles. The van der Waals surface area contributed by atoms with Crippen molar-refractivity contribution in [2.45, 2.75) is 10.9 Å². The lowest BCUT2D eigenvalue weighted by Crippen LogP contribution is -2.30. The molecule has 3 nitrogen and oxygen atoms in total. The van der Waals surface area contributed by atoms with Crippen LogP contribution >= 0.6 is 34.7 Å². The van der Waals surface area contributed by atoms with Crippen molar-refractivity contribution < 1.29 is 4.74 Å². The van der Waals surface area contributed by atoms with Crippen LogP contribution in [0.2, 0.25) is 5.02 Å². The Bertz CT molecular complexity index is 709. The van der Waals surface area contributed by atoms with Gasteiger partial charge in [-0.1, -0.05) is 22.9 Å². The van der Waals surface area contributed by atoms with Crippen LogP contribution in [-0.2, 0) is 0 Å². The number of ether oxygens (including phenoxy) is 1. The Morgan fingerprint density at radius 2 is 2.32 bits per heavy atom. The number of hydrogen-bond donors (Lipinski definition) is 1. The standard InChI is InChI=1S/C13H10ClNO2S2/c14-7-1-2-9-8(3-7)10-6(4-17-9)5-18-12-11(10)19-13(16)15-12/h1-3,6,10H,4-5H2,(H,15,16)/t6-,10-/m1/s1. The summed E-state index contributed by atoms with van der Waals surface area (Å²) >= 11 is 9.14. The smallest absolute Gasteiger partial charge is 0.305 e. The monoisotopic (exact) mass is 311 g/mol. The molecule has 6 heteroatoms. The van der Waals surface area contributed by atoms with Crippen molar-refractivity contribution in [3.05, 3.63) is 43.3 Å². The van der Waals surface area contributed by atoms with Gasteiger partial charge < -0.3 is 9.72 Å². The average Bonchev–Trinajstić information content (AvgIpc) is 2.78. The summed E-state index contributed by atoms with van der Waals surface area (Å²) in [5.74, 6) is 2.51. The van der Waals surface area contributed by atoms with Crippen LogP contribution in [0, 0.1) is 5.92 Å². The predicted octanol–water partition coefficient (Wildman–Crippen LogP) is 3.34. The number of rotatable bonds is 0. The third kappa shape index (κ3) is 1.83. The largest absolute Gasteiger partial charge is 0.493 e. The first kappa shape index (κ1) is 11.9. The minimum absolute atomic E-state index is 0.0215. The minimum Gasteiger partial charge on any atom is -0.493 e. The lowest BCUT2D eigenvalue weighted by atomic mass is 9.84. The zero-order valence-corrected chi connectivity index (χ0v) is 12.2. The van der Waals surface area contributed by atoms with E-state index in [1.165, 1.54) is 11.3 Å². The molecule has 2 aliphatic rings. The van der Waals surface area contributed by atoms with Gasteiger partial charge in [0.25, 0.3) is 0 Å². The maximum atomic E-state index is 11.6. The highest BCUT2D eigenvalue weighted by Gasteiger charge is 2.38. The van der Waals surface area contributed by atoms with Crippen LogP contribution in [0.5, 0.6) is 5.75 Å². The van der Waals surface area contributed by atoms with E-state index in [0.717, 1.165) is 27.0 Å². The zero-order chi connectivity index (χ0) is 13.0. The van der Waals surface area contributed by atoms with Crippen LogP contribution in [0.1, 0.15) is 16.4 Å². The van der Waals surface area contributed by atoms with Crippen LogP contribution in [0.25, 0.3) is 0 Å². The van der Waals surface area contributed by atoms with Gasteiger partial charge in [0.1, 0.15) is 5.75 Å². The highest BCUT2D eigenvalue weighted by atomic mass is 35.5. The first-order valence-corrected chi connectivity index (χ1v) is 8.18. The van der Waals surface area contributed by atoms with Crippen LogP contribution in [0.4, 0.5) is 0 Å². The molecule has 0 spiro atoms. The van der Waals surface area contributed by atoms with Gasteiger partial charge in [-0.25, -0.2) is 0 Å². The van der Waals surface area contributed by atoms with E-state index in [-0.39, 0.29) is 10.8 Å². The number of thioether (sulfide) groups is 1. The number of halogens is 1. The molecule has 0 unspecified atom stereocenters. The topological polar surface area (TPSA) is 42.1 Å². The first-order chi connectivity index (χ1) is 9.22. The van der Waals surface area contributed by atoms with Crippen molar-refractivity contribution in [1.82, 2.24) is 4.98 Å². The van der Waals surface area contributed by atoms with E-state index in [1.54, 1.807) is 11.8 Å². The average molecular weight is 312 g/mol. The number of nitrogens with one attached hydrogen (secondary N) is 1. The molecule has 1 aromatic heterocycles. The SMILES string of the molecule is O=c1[nH]c2c(s1)[C@H]1c3cc(Cl)ccc3OC[C@@H]1CS2. The Morgan fingerprint density at radius 3 is 3.21 bits per heavy atom. The van der Waals surface area contributed by atoms with E-state index in [2.05, 4.69) is 4.98 Å². The molecule has 0 fully saturated rings. The second-order valence-corrected chi connectivity index (χ2v) is 7.23. The van der Waals surface area contributed by atoms with Gasteiger partial charge in [-0.2, -0.15) is 0 Å². The van der Waals surface area contributed by atoms with Gasteiger partial charge in [0, 0.05) is 33.1 Å². The molecule has 2 aromatic rings. The summed E-state index contributed by atoms with van der Waals surface area (Å²) in [6, 6.07) is 5.74. The van der Waals surface area contributed by atoms with Crippen LogP contribution in [0.3, 0.4) is 0 Å². The summed E-state index contributed by atoms with van der Waals surface area (Å²) in [5.41, 5.74) is 1.11. The molecule has 1 aromatic carbocycles.